The lowest BCUT2D eigenvalue weighted by Gasteiger charge is -2.11. The zero-order valence-electron chi connectivity index (χ0n) is 12.9. The molecule has 0 aliphatic rings. The van der Waals surface area contributed by atoms with Gasteiger partial charge >= 0.3 is 15.5 Å². The van der Waals surface area contributed by atoms with E-state index in [0.717, 1.165) is 12.1 Å². The summed E-state index contributed by atoms with van der Waals surface area (Å²) in [6, 6.07) is 11.2. The highest BCUT2D eigenvalue weighted by atomic mass is 35.5. The molecule has 26 heavy (non-hydrogen) atoms. The number of benzene rings is 2. The van der Waals surface area contributed by atoms with Crippen LogP contribution in [0.25, 0.3) is 0 Å². The Bertz CT molecular complexity index is 887. The molecule has 2 aromatic rings. The monoisotopic (exact) mass is 408 g/mol. The van der Waals surface area contributed by atoms with Gasteiger partial charge in [-0.25, -0.2) is 0 Å². The number of para-hydroxylation sites is 1. The molecule has 0 aromatic heterocycles. The van der Waals surface area contributed by atoms with E-state index in [0.29, 0.717) is 10.8 Å². The van der Waals surface area contributed by atoms with Crippen molar-refractivity contribution in [3.05, 3.63) is 53.6 Å². The van der Waals surface area contributed by atoms with E-state index in [-0.39, 0.29) is 18.0 Å². The summed E-state index contributed by atoms with van der Waals surface area (Å²) in [4.78, 5) is 11.8. The molecule has 0 bridgehead atoms. The fourth-order valence-corrected chi connectivity index (χ4v) is 2.49. The standard InChI is InChI=1S/C15H12ClF3N2O4S/c16-12-3-1-2-4-13(12)25-9-14(22)20-10-5-7-11(8-6-10)21-26(23,24)15(17,18)19/h1-8,21H,9H2,(H,20,22). The first-order chi connectivity index (χ1) is 12.1. The van der Waals surface area contributed by atoms with E-state index in [1.807, 2.05) is 0 Å². The number of amides is 1. The molecule has 2 aromatic carbocycles. The van der Waals surface area contributed by atoms with Crippen LogP contribution in [0, 0.1) is 0 Å². The number of nitrogens with one attached hydrogen (secondary N) is 2. The van der Waals surface area contributed by atoms with Gasteiger partial charge in [-0.2, -0.15) is 21.6 Å². The maximum absolute atomic E-state index is 12.3. The van der Waals surface area contributed by atoms with Gasteiger partial charge in [0.15, 0.2) is 6.61 Å². The zero-order chi connectivity index (χ0) is 19.4. The summed E-state index contributed by atoms with van der Waals surface area (Å²) >= 11 is 5.88. The van der Waals surface area contributed by atoms with E-state index in [1.165, 1.54) is 16.9 Å². The van der Waals surface area contributed by atoms with Crippen LogP contribution >= 0.6 is 11.6 Å². The number of halogens is 4. The van der Waals surface area contributed by atoms with Gasteiger partial charge in [0, 0.05) is 11.4 Å². The van der Waals surface area contributed by atoms with E-state index in [4.69, 9.17) is 16.3 Å². The van der Waals surface area contributed by atoms with Gasteiger partial charge in [0.05, 0.1) is 5.02 Å². The molecule has 1 amide bonds. The molecule has 11 heteroatoms. The minimum atomic E-state index is -5.50. The number of anilines is 2. The molecule has 0 saturated carbocycles. The number of rotatable bonds is 6. The summed E-state index contributed by atoms with van der Waals surface area (Å²) in [6.45, 7) is -0.341. The van der Waals surface area contributed by atoms with Crippen LogP contribution in [-0.4, -0.2) is 26.4 Å². The van der Waals surface area contributed by atoms with Crippen LogP contribution in [-0.2, 0) is 14.8 Å². The number of hydrogen-bond acceptors (Lipinski definition) is 4. The van der Waals surface area contributed by atoms with Crippen LogP contribution in [0.4, 0.5) is 24.5 Å². The molecule has 2 rings (SSSR count). The molecular formula is C15H12ClF3N2O4S. The van der Waals surface area contributed by atoms with Crippen molar-refractivity contribution < 1.29 is 31.1 Å². The van der Waals surface area contributed by atoms with Crippen molar-refractivity contribution in [2.24, 2.45) is 0 Å². The first-order valence-corrected chi connectivity index (χ1v) is 8.81. The quantitative estimate of drug-likeness (QED) is 0.764. The maximum Gasteiger partial charge on any atom is 0.516 e. The summed E-state index contributed by atoms with van der Waals surface area (Å²) < 4.78 is 65.5. The fourth-order valence-electron chi connectivity index (χ4n) is 1.74. The largest absolute Gasteiger partial charge is 0.516 e. The molecule has 0 unspecified atom stereocenters. The molecule has 0 aliphatic heterocycles. The zero-order valence-corrected chi connectivity index (χ0v) is 14.5. The van der Waals surface area contributed by atoms with Crippen molar-refractivity contribution in [1.82, 2.24) is 0 Å². The van der Waals surface area contributed by atoms with Crippen LogP contribution in [0.5, 0.6) is 5.75 Å². The number of carbonyl (C=O) groups excluding carboxylic acids is 1. The molecular weight excluding hydrogens is 397 g/mol. The Kier molecular flexibility index (Phi) is 5.98. The first-order valence-electron chi connectivity index (χ1n) is 6.95. The van der Waals surface area contributed by atoms with Crippen molar-refractivity contribution in [2.45, 2.75) is 5.51 Å². The highest BCUT2D eigenvalue weighted by Gasteiger charge is 2.45. The second-order valence-electron chi connectivity index (χ2n) is 4.90. The smallest absolute Gasteiger partial charge is 0.482 e. The van der Waals surface area contributed by atoms with Crippen LogP contribution in [0.1, 0.15) is 0 Å². The lowest BCUT2D eigenvalue weighted by Crippen LogP contribution is -2.29. The van der Waals surface area contributed by atoms with Crippen LogP contribution in [0.15, 0.2) is 48.5 Å². The predicted octanol–water partition coefficient (Wildman–Crippen LogP) is 3.62. The Labute approximate surface area is 152 Å². The number of hydrogen-bond donors (Lipinski definition) is 2. The van der Waals surface area contributed by atoms with E-state index in [2.05, 4.69) is 5.32 Å². The molecule has 0 atom stereocenters. The van der Waals surface area contributed by atoms with E-state index in [1.54, 1.807) is 24.3 Å². The topological polar surface area (TPSA) is 84.5 Å². The van der Waals surface area contributed by atoms with Gasteiger partial charge in [-0.3, -0.25) is 9.52 Å². The Balaban J connectivity index is 1.92. The van der Waals surface area contributed by atoms with Gasteiger partial charge in [-0.1, -0.05) is 23.7 Å². The van der Waals surface area contributed by atoms with Gasteiger partial charge in [0.2, 0.25) is 0 Å². The van der Waals surface area contributed by atoms with Crippen molar-refractivity contribution in [3.63, 3.8) is 0 Å². The maximum atomic E-state index is 12.3. The Hall–Kier alpha value is -2.46. The molecule has 0 aliphatic carbocycles. The lowest BCUT2D eigenvalue weighted by atomic mass is 10.3. The molecule has 0 spiro atoms. The molecule has 2 N–H and O–H groups in total. The van der Waals surface area contributed by atoms with E-state index < -0.39 is 21.4 Å². The summed E-state index contributed by atoms with van der Waals surface area (Å²) in [5.41, 5.74) is -5.48. The molecule has 0 saturated heterocycles. The van der Waals surface area contributed by atoms with Crippen LogP contribution in [0.2, 0.25) is 5.02 Å². The average molecular weight is 409 g/mol. The minimum absolute atomic E-state index is 0.243. The third kappa shape index (κ3) is 5.27. The SMILES string of the molecule is O=C(COc1ccccc1Cl)Nc1ccc(NS(=O)(=O)C(F)(F)F)cc1. The molecule has 0 radical (unpaired) electrons. The van der Waals surface area contributed by atoms with Gasteiger partial charge in [-0.15, -0.1) is 0 Å². The molecule has 6 nitrogen and oxygen atoms in total. The second-order valence-corrected chi connectivity index (χ2v) is 6.98. The predicted molar refractivity (Wildman–Crippen MR) is 90.6 cm³/mol. The lowest BCUT2D eigenvalue weighted by molar-refractivity contribution is -0.118. The van der Waals surface area contributed by atoms with Gasteiger partial charge in [0.25, 0.3) is 5.91 Å². The van der Waals surface area contributed by atoms with Crippen molar-refractivity contribution in [3.8, 4) is 5.75 Å². The number of sulfonamides is 1. The average Bonchev–Trinajstić information content (AvgIpc) is 2.55. The fraction of sp³-hybridized carbons (Fsp3) is 0.133. The third-order valence-corrected chi connectivity index (χ3v) is 4.35. The highest BCUT2D eigenvalue weighted by molar-refractivity contribution is 7.93. The number of ether oxygens (including phenoxy) is 1. The number of carbonyl (C=O) groups is 1. The Morgan fingerprint density at radius 1 is 1.04 bits per heavy atom. The van der Waals surface area contributed by atoms with E-state index in [9.17, 15) is 26.4 Å². The van der Waals surface area contributed by atoms with Crippen LogP contribution in [0.3, 0.4) is 0 Å². The first kappa shape index (κ1) is 19.9. The van der Waals surface area contributed by atoms with E-state index >= 15 is 0 Å². The molecule has 0 heterocycles. The second kappa shape index (κ2) is 7.83. The summed E-state index contributed by atoms with van der Waals surface area (Å²) in [6.07, 6.45) is 0. The van der Waals surface area contributed by atoms with Crippen LogP contribution < -0.4 is 14.8 Å². The molecule has 0 fully saturated rings. The minimum Gasteiger partial charge on any atom is -0.482 e. The summed E-state index contributed by atoms with van der Waals surface area (Å²) in [5, 5.41) is 2.78. The third-order valence-electron chi connectivity index (χ3n) is 2.92. The Morgan fingerprint density at radius 2 is 1.62 bits per heavy atom. The molecule has 140 valence electrons. The highest BCUT2D eigenvalue weighted by Crippen LogP contribution is 2.26. The summed E-state index contributed by atoms with van der Waals surface area (Å²) in [7, 11) is -5.50. The normalized spacial score (nSPS) is 11.7. The van der Waals surface area contributed by atoms with Gasteiger partial charge < -0.3 is 10.1 Å². The van der Waals surface area contributed by atoms with Crippen molar-refractivity contribution in [1.29, 1.82) is 0 Å². The van der Waals surface area contributed by atoms with Gasteiger partial charge in [-0.05, 0) is 36.4 Å². The van der Waals surface area contributed by atoms with Crippen molar-refractivity contribution in [2.75, 3.05) is 16.6 Å². The Morgan fingerprint density at radius 3 is 2.19 bits per heavy atom. The summed E-state index contributed by atoms with van der Waals surface area (Å²) in [5.74, 6) is -0.213. The van der Waals surface area contributed by atoms with Gasteiger partial charge in [0.1, 0.15) is 5.75 Å². The number of alkyl halides is 3. The van der Waals surface area contributed by atoms with Crippen molar-refractivity contribution >= 4 is 38.9 Å².